The van der Waals surface area contributed by atoms with Gasteiger partial charge in [-0.1, -0.05) is 62.4 Å². The lowest BCUT2D eigenvalue weighted by Crippen LogP contribution is -2.47. The molecule has 32 heavy (non-hydrogen) atoms. The highest BCUT2D eigenvalue weighted by atomic mass is 16.5. The van der Waals surface area contributed by atoms with Crippen LogP contribution >= 0.6 is 0 Å². The standard InChI is InChI=1S/C25H29N3O4/c29-22(17-28-23(30)25(27-24(28)31)15-7-2-1-3-8-16-25)26-20-11-13-21(14-12-20)32-18-19-9-5-4-6-10-19/h4-6,9-14H,1-3,7-8,15-18H2,(H,26,29)(H,27,31). The first kappa shape index (κ1) is 21.9. The third-order valence-corrected chi connectivity index (χ3v) is 6.14. The number of hydrogen-bond acceptors (Lipinski definition) is 4. The lowest BCUT2D eigenvalue weighted by Gasteiger charge is -2.28. The van der Waals surface area contributed by atoms with Crippen LogP contribution in [0.4, 0.5) is 10.5 Å². The molecule has 1 aliphatic heterocycles. The van der Waals surface area contributed by atoms with Gasteiger partial charge in [-0.05, 0) is 42.7 Å². The molecule has 1 spiro atoms. The first-order valence-electron chi connectivity index (χ1n) is 11.3. The Kier molecular flexibility index (Phi) is 6.73. The molecule has 0 atom stereocenters. The van der Waals surface area contributed by atoms with E-state index in [0.29, 0.717) is 30.9 Å². The van der Waals surface area contributed by atoms with E-state index in [4.69, 9.17) is 4.74 Å². The van der Waals surface area contributed by atoms with Crippen LogP contribution in [-0.4, -0.2) is 34.8 Å². The van der Waals surface area contributed by atoms with Crippen LogP contribution in [0.2, 0.25) is 0 Å². The average Bonchev–Trinajstić information content (AvgIpc) is 3.01. The van der Waals surface area contributed by atoms with Gasteiger partial charge in [0.05, 0.1) is 0 Å². The van der Waals surface area contributed by atoms with Gasteiger partial charge in [-0.25, -0.2) is 4.79 Å². The van der Waals surface area contributed by atoms with E-state index in [1.54, 1.807) is 24.3 Å². The molecule has 7 heteroatoms. The van der Waals surface area contributed by atoms with Crippen molar-refractivity contribution in [3.05, 3.63) is 60.2 Å². The summed E-state index contributed by atoms with van der Waals surface area (Å²) in [4.78, 5) is 39.1. The van der Waals surface area contributed by atoms with Gasteiger partial charge in [0, 0.05) is 5.69 Å². The number of ether oxygens (including phenoxy) is 1. The van der Waals surface area contributed by atoms with Gasteiger partial charge in [0.15, 0.2) is 0 Å². The van der Waals surface area contributed by atoms with E-state index < -0.39 is 17.5 Å². The Hall–Kier alpha value is -3.35. The number of nitrogens with one attached hydrogen (secondary N) is 2. The predicted octanol–water partition coefficient (Wildman–Crippen LogP) is 4.24. The minimum absolute atomic E-state index is 0.274. The summed E-state index contributed by atoms with van der Waals surface area (Å²) in [5.74, 6) is 0.00531. The lowest BCUT2D eigenvalue weighted by molar-refractivity contribution is -0.134. The van der Waals surface area contributed by atoms with Gasteiger partial charge in [-0.2, -0.15) is 0 Å². The van der Waals surface area contributed by atoms with E-state index >= 15 is 0 Å². The molecule has 0 aromatic heterocycles. The number of hydrogen-bond donors (Lipinski definition) is 2. The van der Waals surface area contributed by atoms with Crippen molar-refractivity contribution in [3.63, 3.8) is 0 Å². The van der Waals surface area contributed by atoms with Gasteiger partial charge in [0.25, 0.3) is 5.91 Å². The van der Waals surface area contributed by atoms with Crippen molar-refractivity contribution >= 4 is 23.5 Å². The molecule has 4 amide bonds. The van der Waals surface area contributed by atoms with Crippen LogP contribution < -0.4 is 15.4 Å². The highest BCUT2D eigenvalue weighted by Crippen LogP contribution is 2.32. The zero-order valence-electron chi connectivity index (χ0n) is 18.1. The number of rotatable bonds is 6. The van der Waals surface area contributed by atoms with E-state index in [1.165, 1.54) is 6.42 Å². The van der Waals surface area contributed by atoms with Crippen LogP contribution in [0.5, 0.6) is 5.75 Å². The molecule has 2 aliphatic rings. The van der Waals surface area contributed by atoms with Crippen LogP contribution in [0.15, 0.2) is 54.6 Å². The topological polar surface area (TPSA) is 87.7 Å². The highest BCUT2D eigenvalue weighted by Gasteiger charge is 2.50. The molecular weight excluding hydrogens is 406 g/mol. The lowest BCUT2D eigenvalue weighted by atomic mass is 9.84. The van der Waals surface area contributed by atoms with Gasteiger partial charge < -0.3 is 15.4 Å². The van der Waals surface area contributed by atoms with E-state index in [-0.39, 0.29) is 12.5 Å². The smallest absolute Gasteiger partial charge is 0.325 e. The first-order valence-corrected chi connectivity index (χ1v) is 11.3. The normalized spacial score (nSPS) is 18.1. The maximum absolute atomic E-state index is 13.0. The summed E-state index contributed by atoms with van der Waals surface area (Å²) in [5.41, 5.74) is 0.811. The Bertz CT molecular complexity index is 951. The van der Waals surface area contributed by atoms with Crippen LogP contribution in [0.3, 0.4) is 0 Å². The van der Waals surface area contributed by atoms with Gasteiger partial charge in [0.1, 0.15) is 24.4 Å². The molecule has 2 N–H and O–H groups in total. The summed E-state index contributed by atoms with van der Waals surface area (Å²) in [5, 5.41) is 5.64. The number of imide groups is 1. The maximum Gasteiger partial charge on any atom is 0.325 e. The molecular formula is C25H29N3O4. The molecule has 168 valence electrons. The van der Waals surface area contributed by atoms with Gasteiger partial charge in [-0.3, -0.25) is 14.5 Å². The largest absolute Gasteiger partial charge is 0.489 e. The Morgan fingerprint density at radius 3 is 2.28 bits per heavy atom. The molecule has 1 saturated heterocycles. The van der Waals surface area contributed by atoms with Gasteiger partial charge in [0.2, 0.25) is 5.91 Å². The van der Waals surface area contributed by atoms with E-state index in [1.807, 2.05) is 30.3 Å². The molecule has 2 aromatic carbocycles. The van der Waals surface area contributed by atoms with Crippen molar-refractivity contribution in [1.82, 2.24) is 10.2 Å². The summed E-state index contributed by atoms with van der Waals surface area (Å²) in [7, 11) is 0. The fraction of sp³-hybridized carbons (Fsp3) is 0.400. The summed E-state index contributed by atoms with van der Waals surface area (Å²) < 4.78 is 5.75. The SMILES string of the molecule is O=C(CN1C(=O)NC2(CCCCCCC2)C1=O)Nc1ccc(OCc2ccccc2)cc1. The number of urea groups is 1. The summed E-state index contributed by atoms with van der Waals surface area (Å²) in [6, 6.07) is 16.4. The second-order valence-electron chi connectivity index (χ2n) is 8.52. The van der Waals surface area contributed by atoms with Crippen LogP contribution in [0.25, 0.3) is 0 Å². The predicted molar refractivity (Wildman–Crippen MR) is 121 cm³/mol. The average molecular weight is 436 g/mol. The second-order valence-corrected chi connectivity index (χ2v) is 8.52. The molecule has 1 heterocycles. The number of carbonyl (C=O) groups is 3. The molecule has 7 nitrogen and oxygen atoms in total. The fourth-order valence-corrected chi connectivity index (χ4v) is 4.39. The van der Waals surface area contributed by atoms with Crippen LogP contribution in [0.1, 0.15) is 50.5 Å². The summed E-state index contributed by atoms with van der Waals surface area (Å²) in [6.45, 7) is 0.166. The third kappa shape index (κ3) is 5.10. The molecule has 0 radical (unpaired) electrons. The van der Waals surface area contributed by atoms with E-state index in [9.17, 15) is 14.4 Å². The van der Waals surface area contributed by atoms with Gasteiger partial charge in [-0.15, -0.1) is 0 Å². The van der Waals surface area contributed by atoms with Crippen molar-refractivity contribution < 1.29 is 19.1 Å². The van der Waals surface area contributed by atoms with Gasteiger partial charge >= 0.3 is 6.03 Å². The molecule has 1 saturated carbocycles. The number of nitrogens with zero attached hydrogens (tertiary/aromatic N) is 1. The van der Waals surface area contributed by atoms with Crippen molar-refractivity contribution in [2.75, 3.05) is 11.9 Å². The number of amides is 4. The molecule has 0 unspecified atom stereocenters. The zero-order chi connectivity index (χ0) is 22.4. The quantitative estimate of drug-likeness (QED) is 0.665. The monoisotopic (exact) mass is 435 g/mol. The van der Waals surface area contributed by atoms with Crippen LogP contribution in [0, 0.1) is 0 Å². The molecule has 1 aliphatic carbocycles. The van der Waals surface area contributed by atoms with E-state index in [0.717, 1.165) is 36.1 Å². The minimum atomic E-state index is -0.838. The Morgan fingerprint density at radius 2 is 1.59 bits per heavy atom. The zero-order valence-corrected chi connectivity index (χ0v) is 18.1. The maximum atomic E-state index is 13.0. The van der Waals surface area contributed by atoms with Crippen LogP contribution in [-0.2, 0) is 16.2 Å². The van der Waals surface area contributed by atoms with Crippen molar-refractivity contribution in [2.45, 2.75) is 57.1 Å². The number of carbonyl (C=O) groups excluding carboxylic acids is 3. The highest BCUT2D eigenvalue weighted by molar-refractivity contribution is 6.10. The third-order valence-electron chi connectivity index (χ3n) is 6.14. The first-order chi connectivity index (χ1) is 15.6. The molecule has 0 bridgehead atoms. The molecule has 4 rings (SSSR count). The fourth-order valence-electron chi connectivity index (χ4n) is 4.39. The Labute approximate surface area is 188 Å². The van der Waals surface area contributed by atoms with E-state index in [2.05, 4.69) is 10.6 Å². The van der Waals surface area contributed by atoms with Crippen molar-refractivity contribution in [2.24, 2.45) is 0 Å². The summed E-state index contributed by atoms with van der Waals surface area (Å²) >= 11 is 0. The second kappa shape index (κ2) is 9.85. The molecule has 2 aromatic rings. The minimum Gasteiger partial charge on any atom is -0.489 e. The van der Waals surface area contributed by atoms with Crippen molar-refractivity contribution in [3.8, 4) is 5.75 Å². The molecule has 2 fully saturated rings. The summed E-state index contributed by atoms with van der Waals surface area (Å²) in [6.07, 6.45) is 6.39. The number of benzene rings is 2. The Balaban J connectivity index is 1.31. The van der Waals surface area contributed by atoms with Crippen molar-refractivity contribution in [1.29, 1.82) is 0 Å². The number of anilines is 1. The Morgan fingerprint density at radius 1 is 0.938 bits per heavy atom.